The number of benzene rings is 2. The summed E-state index contributed by atoms with van der Waals surface area (Å²) in [5.41, 5.74) is -1.68. The summed E-state index contributed by atoms with van der Waals surface area (Å²) in [6.07, 6.45) is -4.72. The fourth-order valence-electron chi connectivity index (χ4n) is 3.83. The van der Waals surface area contributed by atoms with E-state index in [1.807, 2.05) is 0 Å². The van der Waals surface area contributed by atoms with Crippen molar-refractivity contribution in [2.75, 3.05) is 19.8 Å². The third kappa shape index (κ3) is 7.00. The highest BCUT2D eigenvalue weighted by Gasteiger charge is 2.34. The number of rotatable bonds is 11. The Hall–Kier alpha value is -2.16. The summed E-state index contributed by atoms with van der Waals surface area (Å²) in [5, 5.41) is -0.00560. The molecule has 0 fully saturated rings. The molecule has 0 radical (unpaired) electrons. The van der Waals surface area contributed by atoms with Crippen molar-refractivity contribution < 1.29 is 27.2 Å². The van der Waals surface area contributed by atoms with E-state index >= 15 is 0 Å². The first-order chi connectivity index (χ1) is 19.0. The van der Waals surface area contributed by atoms with Gasteiger partial charge in [0.1, 0.15) is 5.75 Å². The number of hydrogen-bond acceptors (Lipinski definition) is 6. The fraction of sp³-hybridized carbons (Fsp3) is 0.292. The molecular weight excluding hydrogens is 710 g/mol. The summed E-state index contributed by atoms with van der Waals surface area (Å²) in [5.74, 6) is -0.211. The van der Waals surface area contributed by atoms with Crippen LogP contribution in [0.3, 0.4) is 0 Å². The Morgan fingerprint density at radius 3 is 2.42 bits per heavy atom. The predicted molar refractivity (Wildman–Crippen MR) is 155 cm³/mol. The number of hydrogen-bond donors (Lipinski definition) is 0. The van der Waals surface area contributed by atoms with E-state index in [0.717, 1.165) is 16.7 Å². The Bertz CT molecular complexity index is 1630. The van der Waals surface area contributed by atoms with E-state index in [1.54, 1.807) is 24.3 Å². The van der Waals surface area contributed by atoms with Gasteiger partial charge in [-0.15, -0.1) is 0 Å². The maximum Gasteiger partial charge on any atom is 0.417 e. The number of aryl methyl sites for hydroxylation is 1. The minimum absolute atomic E-state index is 0.00224. The molecule has 214 valence electrons. The van der Waals surface area contributed by atoms with Crippen LogP contribution in [0.4, 0.5) is 13.2 Å². The highest BCUT2D eigenvalue weighted by atomic mass is 127. The maximum atomic E-state index is 13.6. The third-order valence-electron chi connectivity index (χ3n) is 5.75. The summed E-state index contributed by atoms with van der Waals surface area (Å²) in [7, 11) is 1.43. The lowest BCUT2D eigenvalue weighted by Crippen LogP contribution is -2.40. The number of alkyl halides is 3. The van der Waals surface area contributed by atoms with Gasteiger partial charge in [-0.1, -0.05) is 35.3 Å². The molecule has 0 N–H and O–H groups in total. The second-order valence-corrected chi connectivity index (χ2v) is 11.0. The van der Waals surface area contributed by atoms with Gasteiger partial charge in [-0.2, -0.15) is 18.2 Å². The summed E-state index contributed by atoms with van der Waals surface area (Å²) in [4.78, 5) is 31.0. The largest absolute Gasteiger partial charge is 0.425 e. The van der Waals surface area contributed by atoms with Crippen molar-refractivity contribution in [3.63, 3.8) is 0 Å². The van der Waals surface area contributed by atoms with Crippen molar-refractivity contribution in [3.05, 3.63) is 84.5 Å². The van der Waals surface area contributed by atoms with Crippen LogP contribution in [-0.4, -0.2) is 38.5 Å². The minimum Gasteiger partial charge on any atom is -0.425 e. The number of aromatic nitrogens is 4. The quantitative estimate of drug-likeness (QED) is 0.106. The third-order valence-corrected chi connectivity index (χ3v) is 7.58. The number of imidazole rings is 1. The Balaban J connectivity index is 1.80. The standard InChI is InChI=1S/C24H21Cl2F3IN4O5P/c1-32-20-19(21(35)33(23(32)36)8-9-37-10-11-38-40-30)34(13-14-2-4-15(25)5-3-14)22(31-20)39-16-6-7-18(26)17(12-16)24(27,28)29/h2-7,12,40H,8-11,13H2,1H3. The average Bonchev–Trinajstić information content (AvgIpc) is 3.26. The second-order valence-electron chi connectivity index (χ2n) is 8.36. The molecule has 2 aromatic carbocycles. The van der Waals surface area contributed by atoms with E-state index < -0.39 is 28.0 Å². The molecule has 9 nitrogen and oxygen atoms in total. The zero-order valence-electron chi connectivity index (χ0n) is 20.7. The van der Waals surface area contributed by atoms with Crippen LogP contribution in [0.25, 0.3) is 11.2 Å². The first-order valence-corrected chi connectivity index (χ1v) is 16.3. The molecule has 0 spiro atoms. The molecule has 40 heavy (non-hydrogen) atoms. The van der Waals surface area contributed by atoms with E-state index in [-0.39, 0.29) is 49.1 Å². The molecular formula is C24H21Cl2F3IN4O5P. The van der Waals surface area contributed by atoms with Gasteiger partial charge in [-0.3, -0.25) is 18.5 Å². The molecule has 0 aliphatic heterocycles. The van der Waals surface area contributed by atoms with Crippen LogP contribution in [-0.2, 0) is 35.6 Å². The van der Waals surface area contributed by atoms with E-state index in [1.165, 1.54) is 22.2 Å². The van der Waals surface area contributed by atoms with Gasteiger partial charge in [-0.25, -0.2) is 4.79 Å². The molecule has 0 bridgehead atoms. The monoisotopic (exact) mass is 730 g/mol. The number of ether oxygens (including phenoxy) is 2. The van der Waals surface area contributed by atoms with Crippen LogP contribution in [0.15, 0.2) is 52.1 Å². The fourth-order valence-corrected chi connectivity index (χ4v) is 5.01. The van der Waals surface area contributed by atoms with Crippen molar-refractivity contribution in [1.82, 2.24) is 18.7 Å². The van der Waals surface area contributed by atoms with Gasteiger partial charge < -0.3 is 14.0 Å². The molecule has 0 aliphatic rings. The van der Waals surface area contributed by atoms with E-state index in [0.29, 0.717) is 23.8 Å². The topological polar surface area (TPSA) is 89.5 Å². The molecule has 1 atom stereocenters. The summed E-state index contributed by atoms with van der Waals surface area (Å²) in [6.45, 7) is 1.04. The zero-order chi connectivity index (χ0) is 29.0. The molecule has 0 aliphatic carbocycles. The number of halogens is 6. The van der Waals surface area contributed by atoms with Gasteiger partial charge in [0.15, 0.2) is 11.2 Å². The second kappa shape index (κ2) is 13.2. The minimum atomic E-state index is -4.72. The van der Waals surface area contributed by atoms with Crippen molar-refractivity contribution in [2.45, 2.75) is 19.3 Å². The van der Waals surface area contributed by atoms with Crippen LogP contribution in [0, 0.1) is 0 Å². The summed E-state index contributed by atoms with van der Waals surface area (Å²) in [6, 6.07) is 9.59. The zero-order valence-corrected chi connectivity index (χ0v) is 25.3. The van der Waals surface area contributed by atoms with Crippen LogP contribution in [0.2, 0.25) is 10.0 Å². The summed E-state index contributed by atoms with van der Waals surface area (Å²) >= 11 is 13.8. The predicted octanol–water partition coefficient (Wildman–Crippen LogP) is 6.04. The van der Waals surface area contributed by atoms with E-state index in [2.05, 4.69) is 27.0 Å². The smallest absolute Gasteiger partial charge is 0.417 e. The lowest BCUT2D eigenvalue weighted by molar-refractivity contribution is -0.137. The first kappa shape index (κ1) is 30.8. The van der Waals surface area contributed by atoms with Crippen molar-refractivity contribution in [1.29, 1.82) is 0 Å². The normalized spacial score (nSPS) is 12.2. The lowest BCUT2D eigenvalue weighted by atomic mass is 10.2. The van der Waals surface area contributed by atoms with Crippen LogP contribution in [0.1, 0.15) is 11.1 Å². The Morgan fingerprint density at radius 1 is 1.02 bits per heavy atom. The highest BCUT2D eigenvalue weighted by Crippen LogP contribution is 2.38. The lowest BCUT2D eigenvalue weighted by Gasteiger charge is -2.13. The maximum absolute atomic E-state index is 13.6. The molecule has 0 saturated heterocycles. The van der Waals surface area contributed by atoms with Crippen molar-refractivity contribution in [2.24, 2.45) is 7.05 Å². The highest BCUT2D eigenvalue weighted by molar-refractivity contribution is 14.2. The number of fused-ring (bicyclic) bond motifs is 1. The SMILES string of the molecule is Cn1c(=O)n(CCOCCOPI)c(=O)c2c1nc(Oc1ccc(Cl)c(C(F)(F)F)c1)n2Cc1ccc(Cl)cc1. The molecule has 16 heteroatoms. The van der Waals surface area contributed by atoms with Gasteiger partial charge in [-0.05, 0) is 57.9 Å². The van der Waals surface area contributed by atoms with Gasteiger partial charge in [0.05, 0.1) is 49.9 Å². The molecule has 2 heterocycles. The Morgan fingerprint density at radius 2 is 1.75 bits per heavy atom. The van der Waals surface area contributed by atoms with E-state index in [4.69, 9.17) is 37.2 Å². The molecule has 1 unspecified atom stereocenters. The van der Waals surface area contributed by atoms with Crippen LogP contribution in [0.5, 0.6) is 11.8 Å². The van der Waals surface area contributed by atoms with Gasteiger partial charge in [0.2, 0.25) is 0 Å². The molecule has 2 aromatic heterocycles. The molecule has 0 amide bonds. The van der Waals surface area contributed by atoms with E-state index in [9.17, 15) is 22.8 Å². The van der Waals surface area contributed by atoms with Crippen molar-refractivity contribution in [3.8, 4) is 11.8 Å². The Kier molecular flexibility index (Phi) is 10.2. The van der Waals surface area contributed by atoms with Crippen molar-refractivity contribution >= 4 is 62.9 Å². The first-order valence-electron chi connectivity index (χ1n) is 11.6. The summed E-state index contributed by atoms with van der Waals surface area (Å²) < 4.78 is 60.4. The van der Waals surface area contributed by atoms with Gasteiger partial charge in [0.25, 0.3) is 5.56 Å². The average molecular weight is 731 g/mol. The van der Waals surface area contributed by atoms with Crippen LogP contribution < -0.4 is 16.0 Å². The van der Waals surface area contributed by atoms with Crippen LogP contribution >= 0.6 is 51.7 Å². The molecule has 4 rings (SSSR count). The molecule has 4 aromatic rings. The van der Waals surface area contributed by atoms with Gasteiger partial charge >= 0.3 is 17.9 Å². The Labute approximate surface area is 250 Å². The molecule has 0 saturated carbocycles. The number of nitrogens with zero attached hydrogens (tertiary/aromatic N) is 4. The van der Waals surface area contributed by atoms with Gasteiger partial charge in [0, 0.05) is 12.1 Å².